The van der Waals surface area contributed by atoms with Gasteiger partial charge in [0.25, 0.3) is 0 Å². The Hall–Kier alpha value is -7.54. The molecule has 0 unspecified atom stereocenters. The van der Waals surface area contributed by atoms with Crippen molar-refractivity contribution < 1.29 is 0 Å². The van der Waals surface area contributed by atoms with Gasteiger partial charge in [-0.15, -0.1) is 0 Å². The number of rotatable bonds is 4. The van der Waals surface area contributed by atoms with Crippen molar-refractivity contribution in [1.82, 2.24) is 0 Å². The van der Waals surface area contributed by atoms with Crippen LogP contribution in [-0.4, -0.2) is 0 Å². The molecule has 0 aliphatic heterocycles. The third-order valence-electron chi connectivity index (χ3n) is 17.0. The highest BCUT2D eigenvalue weighted by atomic mass is 14.3. The highest BCUT2D eigenvalue weighted by molar-refractivity contribution is 6.42. The summed E-state index contributed by atoms with van der Waals surface area (Å²) in [5, 5.41) is 21.3. The Morgan fingerprint density at radius 3 is 0.843 bits per heavy atom. The number of benzene rings is 11. The molecule has 338 valence electrons. The topological polar surface area (TPSA) is 0 Å². The van der Waals surface area contributed by atoms with Crippen molar-refractivity contribution in [3.05, 3.63) is 200 Å². The molecule has 0 amide bonds. The molecule has 70 heavy (non-hydrogen) atoms. The van der Waals surface area contributed by atoms with E-state index in [1.54, 1.807) is 0 Å². The maximum Gasteiger partial charge on any atom is -0.00137 e. The first kappa shape index (κ1) is 42.6. The number of fused-ring (bicyclic) bond motifs is 11. The minimum Gasteiger partial charge on any atom is -0.0561 e. The smallest absolute Gasteiger partial charge is 0.00137 e. The van der Waals surface area contributed by atoms with Gasteiger partial charge in [-0.1, -0.05) is 131 Å². The van der Waals surface area contributed by atoms with Gasteiger partial charge in [-0.25, -0.2) is 0 Å². The molecule has 0 aliphatic carbocycles. The summed E-state index contributed by atoms with van der Waals surface area (Å²) in [7, 11) is 0. The predicted octanol–water partition coefficient (Wildman–Crippen LogP) is 20.2. The summed E-state index contributed by atoms with van der Waals surface area (Å²) in [4.78, 5) is 0. The standard InChI is InChI=1S/C70H58/c1-35-23-39(5)43(9)57(27-35)47-13-15-49-51-17-19-53(59-29-37(3)25-41(7)45(59)11)67-55-21-22-56-64(63(55)33-65(69(51)67)61(49)31-47)34-66-62-32-48(58-28-36(2)24-40(6)44(58)10)14-16-50(62)52-18-20-54(68(56)70(52)66)60-30-38(4)26-42(8)46(60)12/h13-34H,1-12H3. The first-order valence-corrected chi connectivity index (χ1v) is 25.2. The maximum atomic E-state index is 2.58. The van der Waals surface area contributed by atoms with E-state index in [2.05, 4.69) is 217 Å². The SMILES string of the molecule is Cc1cc(C)c(C)c(-c2ccc3c(c2)c2cc4c5cc6c7cc(-c8cc(C)cc(C)c8C)ccc7c7ccc(-c8cc(C)cc(C)c8C)c(c5ccc4c4c(-c5cc(C)cc(C)c5C)ccc3c24)c76)c1. The van der Waals surface area contributed by atoms with Crippen LogP contribution in [0.5, 0.6) is 0 Å². The van der Waals surface area contributed by atoms with Crippen molar-refractivity contribution in [2.24, 2.45) is 0 Å². The van der Waals surface area contributed by atoms with E-state index in [1.807, 2.05) is 0 Å². The number of aryl methyl sites for hydroxylation is 8. The van der Waals surface area contributed by atoms with Gasteiger partial charge in [-0.2, -0.15) is 0 Å². The molecule has 0 bridgehead atoms. The molecule has 0 heterocycles. The maximum absolute atomic E-state index is 2.58. The molecule has 0 saturated heterocycles. The monoisotopic (exact) mass is 898 g/mol. The Bertz CT molecular complexity index is 4170. The highest BCUT2D eigenvalue weighted by Gasteiger charge is 2.25. The Morgan fingerprint density at radius 2 is 0.471 bits per heavy atom. The first-order valence-electron chi connectivity index (χ1n) is 25.2. The number of hydrogen-bond donors (Lipinski definition) is 0. The van der Waals surface area contributed by atoms with Crippen LogP contribution in [0.25, 0.3) is 131 Å². The summed E-state index contributed by atoms with van der Waals surface area (Å²) in [5.74, 6) is 0. The van der Waals surface area contributed by atoms with E-state index in [4.69, 9.17) is 0 Å². The molecule has 13 rings (SSSR count). The molecule has 13 aromatic carbocycles. The molecule has 0 fully saturated rings. The summed E-state index contributed by atoms with van der Waals surface area (Å²) in [6.45, 7) is 27.2. The Labute approximate surface area is 411 Å². The quantitative estimate of drug-likeness (QED) is 0.154. The Morgan fingerprint density at radius 1 is 0.186 bits per heavy atom. The molecule has 0 radical (unpaired) electrons. The molecule has 0 aliphatic rings. The van der Waals surface area contributed by atoms with E-state index in [0.717, 1.165) is 0 Å². The van der Waals surface area contributed by atoms with Crippen LogP contribution in [0.2, 0.25) is 0 Å². The van der Waals surface area contributed by atoms with Crippen molar-refractivity contribution in [2.75, 3.05) is 0 Å². The zero-order valence-electron chi connectivity index (χ0n) is 42.7. The first-order chi connectivity index (χ1) is 33.6. The fourth-order valence-corrected chi connectivity index (χ4v) is 13.1. The summed E-state index contributed by atoms with van der Waals surface area (Å²) in [6, 6.07) is 53.2. The summed E-state index contributed by atoms with van der Waals surface area (Å²) in [6.07, 6.45) is 0. The molecule has 13 aromatic rings. The van der Waals surface area contributed by atoms with Crippen LogP contribution < -0.4 is 0 Å². The second-order valence-corrected chi connectivity index (χ2v) is 21.5. The van der Waals surface area contributed by atoms with Crippen LogP contribution in [-0.2, 0) is 0 Å². The highest BCUT2D eigenvalue weighted by Crippen LogP contribution is 2.52. The van der Waals surface area contributed by atoms with Gasteiger partial charge in [-0.3, -0.25) is 0 Å². The Balaban J connectivity index is 1.24. The molecule has 0 saturated carbocycles. The largest absolute Gasteiger partial charge is 0.0561 e. The van der Waals surface area contributed by atoms with Crippen LogP contribution in [0, 0.1) is 83.1 Å². The lowest BCUT2D eigenvalue weighted by atomic mass is 9.85. The van der Waals surface area contributed by atoms with Crippen LogP contribution in [0.3, 0.4) is 0 Å². The molecule has 0 N–H and O–H groups in total. The lowest BCUT2D eigenvalue weighted by Gasteiger charge is -2.18. The molecular formula is C70H58. The molecule has 0 spiro atoms. The van der Waals surface area contributed by atoms with Crippen molar-refractivity contribution in [3.8, 4) is 44.5 Å². The lowest BCUT2D eigenvalue weighted by molar-refractivity contribution is 1.30. The van der Waals surface area contributed by atoms with Gasteiger partial charge in [0.1, 0.15) is 0 Å². The minimum absolute atomic E-state index is 1.28. The minimum atomic E-state index is 1.28. The molecule has 0 nitrogen and oxygen atoms in total. The van der Waals surface area contributed by atoms with E-state index in [-0.39, 0.29) is 0 Å². The fraction of sp³-hybridized carbons (Fsp3) is 0.171. The van der Waals surface area contributed by atoms with E-state index in [1.165, 1.54) is 197 Å². The van der Waals surface area contributed by atoms with Crippen LogP contribution in [0.15, 0.2) is 133 Å². The van der Waals surface area contributed by atoms with Crippen LogP contribution in [0.4, 0.5) is 0 Å². The Kier molecular flexibility index (Phi) is 9.11. The zero-order valence-corrected chi connectivity index (χ0v) is 42.7. The van der Waals surface area contributed by atoms with E-state index in [0.29, 0.717) is 0 Å². The van der Waals surface area contributed by atoms with E-state index >= 15 is 0 Å². The van der Waals surface area contributed by atoms with Crippen LogP contribution >= 0.6 is 0 Å². The molecule has 0 aromatic heterocycles. The fourth-order valence-electron chi connectivity index (χ4n) is 13.1. The molecule has 0 atom stereocenters. The molecule has 0 heteroatoms. The third kappa shape index (κ3) is 5.96. The van der Waals surface area contributed by atoms with Gasteiger partial charge >= 0.3 is 0 Å². The predicted molar refractivity (Wildman–Crippen MR) is 307 cm³/mol. The summed E-state index contributed by atoms with van der Waals surface area (Å²) < 4.78 is 0. The zero-order chi connectivity index (χ0) is 48.3. The summed E-state index contributed by atoms with van der Waals surface area (Å²) >= 11 is 0. The molecular weight excluding hydrogens is 841 g/mol. The van der Waals surface area contributed by atoms with Crippen molar-refractivity contribution >= 4 is 86.2 Å². The second-order valence-electron chi connectivity index (χ2n) is 21.5. The van der Waals surface area contributed by atoms with Crippen molar-refractivity contribution in [1.29, 1.82) is 0 Å². The second kappa shape index (κ2) is 15.0. The lowest BCUT2D eigenvalue weighted by Crippen LogP contribution is -1.93. The van der Waals surface area contributed by atoms with Crippen molar-refractivity contribution in [2.45, 2.75) is 83.1 Å². The van der Waals surface area contributed by atoms with Crippen molar-refractivity contribution in [3.63, 3.8) is 0 Å². The summed E-state index contributed by atoms with van der Waals surface area (Å²) in [5.41, 5.74) is 26.4. The van der Waals surface area contributed by atoms with E-state index in [9.17, 15) is 0 Å². The van der Waals surface area contributed by atoms with Gasteiger partial charge in [0, 0.05) is 0 Å². The van der Waals surface area contributed by atoms with Gasteiger partial charge in [0.2, 0.25) is 0 Å². The average Bonchev–Trinajstić information content (AvgIpc) is 3.83. The number of hydrogen-bond acceptors (Lipinski definition) is 0. The van der Waals surface area contributed by atoms with Gasteiger partial charge < -0.3 is 0 Å². The van der Waals surface area contributed by atoms with E-state index < -0.39 is 0 Å². The van der Waals surface area contributed by atoms with Gasteiger partial charge in [0.15, 0.2) is 0 Å². The third-order valence-corrected chi connectivity index (χ3v) is 17.0. The van der Waals surface area contributed by atoms with Gasteiger partial charge in [0.05, 0.1) is 0 Å². The van der Waals surface area contributed by atoms with Crippen LogP contribution in [0.1, 0.15) is 66.8 Å². The average molecular weight is 899 g/mol. The van der Waals surface area contributed by atoms with Gasteiger partial charge in [-0.05, 0) is 283 Å². The normalized spacial score (nSPS) is 12.3.